The lowest BCUT2D eigenvalue weighted by Crippen LogP contribution is -2.26. The first-order valence-electron chi connectivity index (χ1n) is 11.9. The summed E-state index contributed by atoms with van der Waals surface area (Å²) in [6.45, 7) is 22.5. The van der Waals surface area contributed by atoms with Crippen LogP contribution in [0.15, 0.2) is 30.6 Å². The largest absolute Gasteiger partial charge is 0.460 e. The lowest BCUT2D eigenvalue weighted by molar-refractivity contribution is -0.154. The number of nitrogens with zero attached hydrogens (tertiary/aromatic N) is 4. The Kier molecular flexibility index (Phi) is 10.0. The van der Waals surface area contributed by atoms with E-state index in [-0.39, 0.29) is 5.97 Å². The van der Waals surface area contributed by atoms with E-state index in [2.05, 4.69) is 38.9 Å². The number of rotatable bonds is 12. The fraction of sp³-hybridized carbons (Fsp3) is 0.577. The van der Waals surface area contributed by atoms with Gasteiger partial charge in [0.2, 0.25) is 0 Å². The van der Waals surface area contributed by atoms with E-state index in [1.165, 1.54) is 0 Å². The van der Waals surface area contributed by atoms with Gasteiger partial charge in [-0.3, -0.25) is 4.79 Å². The minimum Gasteiger partial charge on any atom is -0.460 e. The van der Waals surface area contributed by atoms with Crippen LogP contribution in [0, 0.1) is 6.57 Å². The zero-order chi connectivity index (χ0) is 25.4. The van der Waals surface area contributed by atoms with Crippen LogP contribution in [0.25, 0.3) is 16.1 Å². The number of esters is 1. The third-order valence-corrected chi connectivity index (χ3v) is 6.91. The summed E-state index contributed by atoms with van der Waals surface area (Å²) in [6, 6.07) is 8.64. The molecule has 0 bridgehead atoms. The molecule has 186 valence electrons. The molecular formula is C26H40N4O3Si. The van der Waals surface area contributed by atoms with Crippen molar-refractivity contribution in [3.05, 3.63) is 47.7 Å². The van der Waals surface area contributed by atoms with E-state index in [0.29, 0.717) is 25.4 Å². The zero-order valence-electron chi connectivity index (χ0n) is 21.9. The Labute approximate surface area is 205 Å². The molecule has 1 aromatic carbocycles. The normalized spacial score (nSPS) is 12.1. The molecular weight excluding hydrogens is 444 g/mol. The lowest BCUT2D eigenvalue weighted by atomic mass is 10.1. The number of imidazole rings is 1. The number of hydrogen-bond acceptors (Lipinski definition) is 5. The van der Waals surface area contributed by atoms with E-state index in [4.69, 9.17) is 16.0 Å². The molecule has 2 rings (SSSR count). The summed E-state index contributed by atoms with van der Waals surface area (Å²) in [5, 5.41) is 0. The molecule has 1 heterocycles. The van der Waals surface area contributed by atoms with Gasteiger partial charge >= 0.3 is 5.97 Å². The summed E-state index contributed by atoms with van der Waals surface area (Å²) in [6.07, 6.45) is 2.95. The standard InChI is InChI=1S/C26H40N4O3Si/c1-26(2,3)33-24(31)10-9-15-29(5)18-23-25(21-11-13-22(27-4)14-12-21)28-19-30(23)20-32-16-17-34(6,7)8/h11-14,19H,9-10,15-18,20H2,1-3,5-8H3. The van der Waals surface area contributed by atoms with Crippen molar-refractivity contribution in [1.29, 1.82) is 0 Å². The Bertz CT molecular complexity index is 966. The van der Waals surface area contributed by atoms with Gasteiger partial charge in [-0.1, -0.05) is 43.9 Å². The van der Waals surface area contributed by atoms with Gasteiger partial charge in [0.15, 0.2) is 5.69 Å². The lowest BCUT2D eigenvalue weighted by Gasteiger charge is -2.21. The average Bonchev–Trinajstić information content (AvgIpc) is 3.11. The highest BCUT2D eigenvalue weighted by atomic mass is 28.3. The van der Waals surface area contributed by atoms with E-state index in [1.54, 1.807) is 0 Å². The molecule has 0 aliphatic carbocycles. The molecule has 0 aliphatic heterocycles. The van der Waals surface area contributed by atoms with Crippen LogP contribution in [-0.4, -0.2) is 54.3 Å². The Morgan fingerprint density at radius 2 is 1.88 bits per heavy atom. The molecule has 0 saturated heterocycles. The summed E-state index contributed by atoms with van der Waals surface area (Å²) < 4.78 is 13.5. The fourth-order valence-corrected chi connectivity index (χ4v) is 4.14. The second-order valence-corrected chi connectivity index (χ2v) is 16.6. The Morgan fingerprint density at radius 1 is 1.21 bits per heavy atom. The van der Waals surface area contributed by atoms with Gasteiger partial charge in [-0.25, -0.2) is 9.83 Å². The van der Waals surface area contributed by atoms with Crippen molar-refractivity contribution < 1.29 is 14.3 Å². The van der Waals surface area contributed by atoms with E-state index in [1.807, 2.05) is 58.4 Å². The van der Waals surface area contributed by atoms with Crippen LogP contribution in [0.2, 0.25) is 25.7 Å². The molecule has 8 heteroatoms. The molecule has 1 aromatic heterocycles. The molecule has 0 aliphatic rings. The summed E-state index contributed by atoms with van der Waals surface area (Å²) in [5.74, 6) is -0.165. The smallest absolute Gasteiger partial charge is 0.306 e. The second kappa shape index (κ2) is 12.3. The van der Waals surface area contributed by atoms with Gasteiger partial charge in [-0.15, -0.1) is 0 Å². The van der Waals surface area contributed by atoms with Gasteiger partial charge < -0.3 is 18.9 Å². The maximum atomic E-state index is 12.0. The van der Waals surface area contributed by atoms with Crippen molar-refractivity contribution in [3.8, 4) is 11.3 Å². The third-order valence-electron chi connectivity index (χ3n) is 5.20. The van der Waals surface area contributed by atoms with Crippen molar-refractivity contribution in [1.82, 2.24) is 14.5 Å². The van der Waals surface area contributed by atoms with Crippen molar-refractivity contribution in [3.63, 3.8) is 0 Å². The van der Waals surface area contributed by atoms with Crippen LogP contribution >= 0.6 is 0 Å². The van der Waals surface area contributed by atoms with Crippen LogP contribution in [-0.2, 0) is 27.5 Å². The number of benzene rings is 1. The predicted octanol–water partition coefficient (Wildman–Crippen LogP) is 5.97. The number of carbonyl (C=O) groups is 1. The van der Waals surface area contributed by atoms with Crippen molar-refractivity contribution in [2.75, 3.05) is 20.2 Å². The van der Waals surface area contributed by atoms with E-state index >= 15 is 0 Å². The first kappa shape index (κ1) is 27.8. The van der Waals surface area contributed by atoms with Gasteiger partial charge in [-0.05, 0) is 52.4 Å². The summed E-state index contributed by atoms with van der Waals surface area (Å²) in [5.41, 5.74) is 3.08. The molecule has 0 unspecified atom stereocenters. The Hall–Kier alpha value is -2.47. The highest BCUT2D eigenvalue weighted by Gasteiger charge is 2.18. The quantitative estimate of drug-likeness (QED) is 0.161. The van der Waals surface area contributed by atoms with Crippen LogP contribution in [0.3, 0.4) is 0 Å². The molecule has 0 saturated carbocycles. The van der Waals surface area contributed by atoms with Crippen LogP contribution < -0.4 is 0 Å². The molecule has 34 heavy (non-hydrogen) atoms. The van der Waals surface area contributed by atoms with Gasteiger partial charge in [0.05, 0.1) is 24.3 Å². The number of ether oxygens (including phenoxy) is 2. The number of hydrogen-bond donors (Lipinski definition) is 0. The van der Waals surface area contributed by atoms with Crippen molar-refractivity contribution in [2.24, 2.45) is 0 Å². The SMILES string of the molecule is [C-]#[N+]c1ccc(-c2ncn(COCC[Si](C)(C)C)c2CN(C)CCCC(=O)OC(C)(C)C)cc1. The first-order chi connectivity index (χ1) is 15.9. The number of aromatic nitrogens is 2. The van der Waals surface area contributed by atoms with E-state index < -0.39 is 13.7 Å². The maximum Gasteiger partial charge on any atom is 0.306 e. The molecule has 0 fully saturated rings. The predicted molar refractivity (Wildman–Crippen MR) is 139 cm³/mol. The average molecular weight is 485 g/mol. The molecule has 0 N–H and O–H groups in total. The Morgan fingerprint density at radius 3 is 2.47 bits per heavy atom. The third kappa shape index (κ3) is 9.80. The van der Waals surface area contributed by atoms with Crippen LogP contribution in [0.5, 0.6) is 0 Å². The maximum absolute atomic E-state index is 12.0. The first-order valence-corrected chi connectivity index (χ1v) is 15.6. The van der Waals surface area contributed by atoms with Gasteiger partial charge in [0.1, 0.15) is 12.3 Å². The molecule has 0 amide bonds. The fourth-order valence-electron chi connectivity index (χ4n) is 3.38. The van der Waals surface area contributed by atoms with Crippen LogP contribution in [0.1, 0.15) is 39.3 Å². The second-order valence-electron chi connectivity index (χ2n) is 10.9. The van der Waals surface area contributed by atoms with Gasteiger partial charge in [0.25, 0.3) is 0 Å². The highest BCUT2D eigenvalue weighted by Crippen LogP contribution is 2.26. The van der Waals surface area contributed by atoms with Crippen LogP contribution in [0.4, 0.5) is 5.69 Å². The van der Waals surface area contributed by atoms with E-state index in [0.717, 1.165) is 42.6 Å². The van der Waals surface area contributed by atoms with Gasteiger partial charge in [-0.2, -0.15) is 0 Å². The molecule has 0 spiro atoms. The van der Waals surface area contributed by atoms with Crippen molar-refractivity contribution in [2.45, 2.75) is 78.2 Å². The monoisotopic (exact) mass is 484 g/mol. The van der Waals surface area contributed by atoms with Gasteiger partial charge in [0, 0.05) is 27.6 Å². The molecule has 0 radical (unpaired) electrons. The Balaban J connectivity index is 2.08. The minimum absolute atomic E-state index is 0.165. The summed E-state index contributed by atoms with van der Waals surface area (Å²) in [7, 11) is 0.895. The minimum atomic E-state index is -1.15. The molecule has 7 nitrogen and oxygen atoms in total. The topological polar surface area (TPSA) is 61.0 Å². The highest BCUT2D eigenvalue weighted by molar-refractivity contribution is 6.76. The number of carbonyl (C=O) groups excluding carboxylic acids is 1. The van der Waals surface area contributed by atoms with Crippen molar-refractivity contribution >= 4 is 19.7 Å². The molecule has 0 atom stereocenters. The molecule has 2 aromatic rings. The zero-order valence-corrected chi connectivity index (χ0v) is 22.9. The summed E-state index contributed by atoms with van der Waals surface area (Å²) in [4.78, 5) is 22.4. The summed E-state index contributed by atoms with van der Waals surface area (Å²) >= 11 is 0. The van der Waals surface area contributed by atoms with E-state index in [9.17, 15) is 4.79 Å².